The Kier molecular flexibility index (Phi) is 3.41. The molecule has 15 heavy (non-hydrogen) atoms. The molecular formula is C8H6ClF2NO3. The average molecular weight is 238 g/mol. The van der Waals surface area contributed by atoms with Crippen LogP contribution in [0.4, 0.5) is 14.5 Å². The van der Waals surface area contributed by atoms with E-state index in [1.807, 2.05) is 0 Å². The molecule has 1 rings (SSSR count). The SMILES string of the molecule is Cc1cc(OC(F)F)c(Cl)cc1[N+](=O)[O-]. The number of hydrogen-bond donors (Lipinski definition) is 0. The first-order valence-electron chi connectivity index (χ1n) is 3.81. The van der Waals surface area contributed by atoms with Crippen LogP contribution in [0.1, 0.15) is 5.56 Å². The zero-order valence-corrected chi connectivity index (χ0v) is 8.29. The fraction of sp³-hybridized carbons (Fsp3) is 0.250. The van der Waals surface area contributed by atoms with Crippen LogP contribution in [-0.4, -0.2) is 11.5 Å². The molecule has 0 fully saturated rings. The maximum absolute atomic E-state index is 11.9. The number of aryl methyl sites for hydroxylation is 1. The smallest absolute Gasteiger partial charge is 0.387 e. The molecule has 0 heterocycles. The molecule has 0 spiro atoms. The van der Waals surface area contributed by atoms with Crippen LogP contribution in [0.15, 0.2) is 12.1 Å². The van der Waals surface area contributed by atoms with Gasteiger partial charge in [0.25, 0.3) is 5.69 Å². The Balaban J connectivity index is 3.13. The van der Waals surface area contributed by atoms with Gasteiger partial charge >= 0.3 is 6.61 Å². The van der Waals surface area contributed by atoms with Gasteiger partial charge in [0.15, 0.2) is 0 Å². The standard InChI is InChI=1S/C8H6ClF2NO3/c1-4-2-7(15-8(10)11)5(9)3-6(4)12(13)14/h2-3,8H,1H3. The second-order valence-electron chi connectivity index (χ2n) is 2.70. The van der Waals surface area contributed by atoms with Crippen LogP contribution >= 0.6 is 11.6 Å². The molecule has 0 saturated carbocycles. The van der Waals surface area contributed by atoms with E-state index in [1.54, 1.807) is 0 Å². The zero-order valence-electron chi connectivity index (χ0n) is 7.54. The number of ether oxygens (including phenoxy) is 1. The lowest BCUT2D eigenvalue weighted by atomic mass is 10.2. The van der Waals surface area contributed by atoms with Crippen LogP contribution in [0.25, 0.3) is 0 Å². The molecule has 0 aliphatic rings. The Morgan fingerprint density at radius 3 is 2.60 bits per heavy atom. The van der Waals surface area contributed by atoms with Crippen LogP contribution in [0.5, 0.6) is 5.75 Å². The molecule has 1 aromatic rings. The topological polar surface area (TPSA) is 52.4 Å². The summed E-state index contributed by atoms with van der Waals surface area (Å²) in [5, 5.41) is 10.3. The predicted octanol–water partition coefficient (Wildman–Crippen LogP) is 3.16. The Morgan fingerprint density at radius 2 is 2.13 bits per heavy atom. The van der Waals surface area contributed by atoms with Gasteiger partial charge in [0.1, 0.15) is 5.75 Å². The lowest BCUT2D eigenvalue weighted by Gasteiger charge is -2.07. The van der Waals surface area contributed by atoms with E-state index < -0.39 is 11.5 Å². The molecule has 0 saturated heterocycles. The molecule has 0 aliphatic carbocycles. The highest BCUT2D eigenvalue weighted by Crippen LogP contribution is 2.32. The van der Waals surface area contributed by atoms with Crippen molar-refractivity contribution < 1.29 is 18.4 Å². The van der Waals surface area contributed by atoms with Gasteiger partial charge in [-0.05, 0) is 13.0 Å². The minimum Gasteiger partial charge on any atom is -0.433 e. The lowest BCUT2D eigenvalue weighted by molar-refractivity contribution is -0.385. The van der Waals surface area contributed by atoms with Crippen molar-refractivity contribution in [1.29, 1.82) is 0 Å². The van der Waals surface area contributed by atoms with E-state index in [0.717, 1.165) is 12.1 Å². The molecule has 0 unspecified atom stereocenters. The minimum absolute atomic E-state index is 0.208. The van der Waals surface area contributed by atoms with Gasteiger partial charge in [0.05, 0.1) is 9.95 Å². The van der Waals surface area contributed by atoms with Gasteiger partial charge in [-0.15, -0.1) is 0 Å². The molecule has 0 aromatic heterocycles. The fourth-order valence-corrected chi connectivity index (χ4v) is 1.23. The van der Waals surface area contributed by atoms with E-state index in [-0.39, 0.29) is 22.0 Å². The highest BCUT2D eigenvalue weighted by Gasteiger charge is 2.17. The summed E-state index contributed by atoms with van der Waals surface area (Å²) < 4.78 is 27.8. The van der Waals surface area contributed by atoms with E-state index in [2.05, 4.69) is 4.74 Å². The number of nitro groups is 1. The number of benzene rings is 1. The Labute approximate surface area is 88.6 Å². The lowest BCUT2D eigenvalue weighted by Crippen LogP contribution is -2.03. The third-order valence-electron chi connectivity index (χ3n) is 1.66. The summed E-state index contributed by atoms with van der Waals surface area (Å²) >= 11 is 5.53. The Bertz CT molecular complexity index is 398. The molecule has 0 bridgehead atoms. The summed E-state index contributed by atoms with van der Waals surface area (Å²) in [5.74, 6) is -0.269. The maximum Gasteiger partial charge on any atom is 0.387 e. The van der Waals surface area contributed by atoms with E-state index in [1.165, 1.54) is 6.92 Å². The largest absolute Gasteiger partial charge is 0.433 e. The van der Waals surface area contributed by atoms with Crippen molar-refractivity contribution in [3.05, 3.63) is 32.8 Å². The molecule has 0 atom stereocenters. The van der Waals surface area contributed by atoms with E-state index in [0.29, 0.717) is 0 Å². The van der Waals surface area contributed by atoms with Crippen molar-refractivity contribution in [1.82, 2.24) is 0 Å². The summed E-state index contributed by atoms with van der Waals surface area (Å²) in [6.45, 7) is -1.60. The van der Waals surface area contributed by atoms with Crippen molar-refractivity contribution in [3.63, 3.8) is 0 Å². The van der Waals surface area contributed by atoms with Gasteiger partial charge < -0.3 is 4.74 Å². The first-order chi connectivity index (χ1) is 6.91. The molecule has 0 aliphatic heterocycles. The van der Waals surface area contributed by atoms with Crippen LogP contribution in [0.2, 0.25) is 5.02 Å². The van der Waals surface area contributed by atoms with E-state index in [9.17, 15) is 18.9 Å². The van der Waals surface area contributed by atoms with Crippen molar-refractivity contribution >= 4 is 17.3 Å². The second-order valence-corrected chi connectivity index (χ2v) is 3.11. The van der Waals surface area contributed by atoms with Crippen molar-refractivity contribution in [3.8, 4) is 5.75 Å². The van der Waals surface area contributed by atoms with Gasteiger partial charge in [0.2, 0.25) is 0 Å². The summed E-state index contributed by atoms with van der Waals surface area (Å²) in [6.07, 6.45) is 0. The number of alkyl halides is 2. The number of nitrogens with zero attached hydrogens (tertiary/aromatic N) is 1. The fourth-order valence-electron chi connectivity index (χ4n) is 1.03. The Hall–Kier alpha value is -1.43. The first kappa shape index (κ1) is 11.6. The highest BCUT2D eigenvalue weighted by molar-refractivity contribution is 6.32. The predicted molar refractivity (Wildman–Crippen MR) is 49.5 cm³/mol. The number of nitro benzene ring substituents is 1. The molecule has 4 nitrogen and oxygen atoms in total. The number of halogens is 3. The van der Waals surface area contributed by atoms with Crippen molar-refractivity contribution in [2.24, 2.45) is 0 Å². The average Bonchev–Trinajstić information content (AvgIpc) is 2.09. The van der Waals surface area contributed by atoms with Crippen LogP contribution in [0.3, 0.4) is 0 Å². The van der Waals surface area contributed by atoms with Gasteiger partial charge in [-0.1, -0.05) is 11.6 Å². The normalized spacial score (nSPS) is 10.5. The molecule has 0 radical (unpaired) electrons. The quantitative estimate of drug-likeness (QED) is 0.599. The van der Waals surface area contributed by atoms with Gasteiger partial charge in [-0.3, -0.25) is 10.1 Å². The zero-order chi connectivity index (χ0) is 11.6. The van der Waals surface area contributed by atoms with E-state index in [4.69, 9.17) is 11.6 Å². The minimum atomic E-state index is -3.01. The van der Waals surface area contributed by atoms with Gasteiger partial charge in [0, 0.05) is 11.6 Å². The summed E-state index contributed by atoms with van der Waals surface area (Å²) in [7, 11) is 0. The number of hydrogen-bond acceptors (Lipinski definition) is 3. The monoisotopic (exact) mass is 237 g/mol. The van der Waals surface area contributed by atoms with Gasteiger partial charge in [-0.2, -0.15) is 8.78 Å². The number of rotatable bonds is 3. The molecule has 0 N–H and O–H groups in total. The summed E-state index contributed by atoms with van der Waals surface area (Å²) in [5.41, 5.74) is -0.0262. The molecular weight excluding hydrogens is 232 g/mol. The van der Waals surface area contributed by atoms with Crippen molar-refractivity contribution in [2.75, 3.05) is 0 Å². The van der Waals surface area contributed by atoms with E-state index >= 15 is 0 Å². The van der Waals surface area contributed by atoms with Crippen LogP contribution in [-0.2, 0) is 0 Å². The van der Waals surface area contributed by atoms with Crippen molar-refractivity contribution in [2.45, 2.75) is 13.5 Å². The third-order valence-corrected chi connectivity index (χ3v) is 1.96. The maximum atomic E-state index is 11.9. The van der Waals surface area contributed by atoms with Crippen LogP contribution < -0.4 is 4.74 Å². The third kappa shape index (κ3) is 2.76. The molecule has 82 valence electrons. The summed E-state index contributed by atoms with van der Waals surface area (Å²) in [4.78, 5) is 9.82. The first-order valence-corrected chi connectivity index (χ1v) is 4.19. The van der Waals surface area contributed by atoms with Gasteiger partial charge in [-0.25, -0.2) is 0 Å². The summed E-state index contributed by atoms with van der Waals surface area (Å²) in [6, 6.07) is 2.08. The van der Waals surface area contributed by atoms with Crippen LogP contribution in [0, 0.1) is 17.0 Å². The second kappa shape index (κ2) is 4.39. The molecule has 7 heteroatoms. The molecule has 1 aromatic carbocycles. The highest BCUT2D eigenvalue weighted by atomic mass is 35.5. The Morgan fingerprint density at radius 1 is 1.53 bits per heavy atom. The molecule has 0 amide bonds.